The molecule has 0 radical (unpaired) electrons. The molecule has 1 atom stereocenters. The lowest BCUT2D eigenvalue weighted by Gasteiger charge is -2.33. The molecular formula is C28H31BrClN3O4S. The summed E-state index contributed by atoms with van der Waals surface area (Å²) in [4.78, 5) is 28.4. The van der Waals surface area contributed by atoms with Gasteiger partial charge in [0.25, 0.3) is 10.0 Å². The zero-order valence-corrected chi connectivity index (χ0v) is 24.8. The highest BCUT2D eigenvalue weighted by atomic mass is 79.9. The number of nitrogens with one attached hydrogen (secondary N) is 1. The Bertz CT molecular complexity index is 1380. The molecule has 7 nitrogen and oxygen atoms in total. The van der Waals surface area contributed by atoms with Crippen LogP contribution in [0.15, 0.2) is 88.2 Å². The largest absolute Gasteiger partial charge is 0.350 e. The second-order valence-corrected chi connectivity index (χ2v) is 13.0. The lowest BCUT2D eigenvalue weighted by atomic mass is 10.1. The highest BCUT2D eigenvalue weighted by molar-refractivity contribution is 9.10. The van der Waals surface area contributed by atoms with E-state index in [-0.39, 0.29) is 28.1 Å². The molecule has 38 heavy (non-hydrogen) atoms. The van der Waals surface area contributed by atoms with Crippen LogP contribution in [-0.2, 0) is 26.2 Å². The molecule has 202 valence electrons. The van der Waals surface area contributed by atoms with E-state index in [1.165, 1.54) is 17.0 Å². The first-order valence-corrected chi connectivity index (χ1v) is 14.6. The van der Waals surface area contributed by atoms with Crippen LogP contribution in [0.1, 0.15) is 33.3 Å². The van der Waals surface area contributed by atoms with Crippen molar-refractivity contribution in [3.8, 4) is 0 Å². The van der Waals surface area contributed by atoms with E-state index in [1.54, 1.807) is 49.4 Å². The first-order valence-electron chi connectivity index (χ1n) is 12.0. The van der Waals surface area contributed by atoms with Gasteiger partial charge in [-0.25, -0.2) is 8.42 Å². The Morgan fingerprint density at radius 2 is 1.53 bits per heavy atom. The second-order valence-electron chi connectivity index (χ2n) is 9.84. The van der Waals surface area contributed by atoms with Crippen LogP contribution in [0.5, 0.6) is 0 Å². The Kier molecular flexibility index (Phi) is 9.62. The number of amides is 2. The number of hydrogen-bond acceptors (Lipinski definition) is 4. The molecule has 0 saturated heterocycles. The minimum absolute atomic E-state index is 0.0192. The summed E-state index contributed by atoms with van der Waals surface area (Å²) in [5.74, 6) is -0.901. The predicted molar refractivity (Wildman–Crippen MR) is 154 cm³/mol. The van der Waals surface area contributed by atoms with Crippen molar-refractivity contribution in [2.75, 3.05) is 10.8 Å². The van der Waals surface area contributed by atoms with Crippen molar-refractivity contribution in [2.24, 2.45) is 0 Å². The van der Waals surface area contributed by atoms with Gasteiger partial charge in [0.1, 0.15) is 12.6 Å². The fourth-order valence-electron chi connectivity index (χ4n) is 3.73. The summed E-state index contributed by atoms with van der Waals surface area (Å²) in [6, 6.07) is 20.8. The number of para-hydroxylation sites is 1. The highest BCUT2D eigenvalue weighted by Gasteiger charge is 2.34. The van der Waals surface area contributed by atoms with E-state index >= 15 is 0 Å². The SMILES string of the molecule is C[C@@H](C(=O)NC(C)(C)C)N(Cc1ccc(Br)cc1)C(=O)CN(c1ccccc1Cl)S(=O)(=O)c1ccccc1. The molecule has 0 fully saturated rings. The number of rotatable bonds is 9. The lowest BCUT2D eigenvalue weighted by molar-refractivity contribution is -0.140. The summed E-state index contributed by atoms with van der Waals surface area (Å²) in [6.45, 7) is 6.73. The quantitative estimate of drug-likeness (QED) is 0.336. The van der Waals surface area contributed by atoms with Crippen molar-refractivity contribution in [3.63, 3.8) is 0 Å². The molecule has 2 amide bonds. The molecular weight excluding hydrogens is 590 g/mol. The van der Waals surface area contributed by atoms with Gasteiger partial charge in [-0.1, -0.05) is 70.0 Å². The average molecular weight is 621 g/mol. The molecule has 0 aliphatic carbocycles. The standard InChI is InChI=1S/C28H31BrClN3O4S/c1-20(27(35)31-28(2,3)4)32(18-21-14-16-22(29)17-15-21)26(34)19-33(25-13-9-8-12-24(25)30)38(36,37)23-10-6-5-7-11-23/h5-17,20H,18-19H2,1-4H3,(H,31,35)/t20-/m0/s1. The van der Waals surface area contributed by atoms with E-state index in [1.807, 2.05) is 45.0 Å². The molecule has 0 aromatic heterocycles. The summed E-state index contributed by atoms with van der Waals surface area (Å²) < 4.78 is 29.4. The molecule has 0 bridgehead atoms. The minimum Gasteiger partial charge on any atom is -0.350 e. The third-order valence-corrected chi connectivity index (χ3v) is 8.29. The molecule has 10 heteroatoms. The summed E-state index contributed by atoms with van der Waals surface area (Å²) in [6.07, 6.45) is 0. The third-order valence-electron chi connectivity index (χ3n) is 5.66. The van der Waals surface area contributed by atoms with E-state index in [2.05, 4.69) is 21.2 Å². The van der Waals surface area contributed by atoms with Gasteiger partial charge in [-0.05, 0) is 69.7 Å². The minimum atomic E-state index is -4.16. The van der Waals surface area contributed by atoms with Crippen molar-refractivity contribution < 1.29 is 18.0 Å². The number of anilines is 1. The number of nitrogens with zero attached hydrogens (tertiary/aromatic N) is 2. The molecule has 3 rings (SSSR count). The van der Waals surface area contributed by atoms with Gasteiger partial charge < -0.3 is 10.2 Å². The molecule has 1 N–H and O–H groups in total. The van der Waals surface area contributed by atoms with Gasteiger partial charge in [0, 0.05) is 16.6 Å². The maximum absolute atomic E-state index is 13.9. The Balaban J connectivity index is 2.03. The first kappa shape index (κ1) is 29.7. The molecule has 0 saturated carbocycles. The summed E-state index contributed by atoms with van der Waals surface area (Å²) >= 11 is 9.81. The van der Waals surface area contributed by atoms with Crippen LogP contribution in [-0.4, -0.2) is 43.3 Å². The molecule has 0 aliphatic rings. The van der Waals surface area contributed by atoms with Gasteiger partial charge >= 0.3 is 0 Å². The van der Waals surface area contributed by atoms with Gasteiger partial charge in [-0.15, -0.1) is 0 Å². The van der Waals surface area contributed by atoms with Crippen LogP contribution in [0, 0.1) is 0 Å². The van der Waals surface area contributed by atoms with Crippen LogP contribution in [0.3, 0.4) is 0 Å². The van der Waals surface area contributed by atoms with Crippen LogP contribution in [0.25, 0.3) is 0 Å². The summed E-state index contributed by atoms with van der Waals surface area (Å²) in [7, 11) is -4.16. The van der Waals surface area contributed by atoms with Crippen molar-refractivity contribution in [1.29, 1.82) is 0 Å². The van der Waals surface area contributed by atoms with Crippen LogP contribution in [0.2, 0.25) is 5.02 Å². The number of carbonyl (C=O) groups excluding carboxylic acids is 2. The maximum atomic E-state index is 13.9. The average Bonchev–Trinajstić information content (AvgIpc) is 2.86. The highest BCUT2D eigenvalue weighted by Crippen LogP contribution is 2.30. The molecule has 0 heterocycles. The molecule has 3 aromatic carbocycles. The number of hydrogen-bond donors (Lipinski definition) is 1. The number of benzene rings is 3. The molecule has 0 aliphatic heterocycles. The second kappa shape index (κ2) is 12.3. The smallest absolute Gasteiger partial charge is 0.264 e. The molecule has 0 unspecified atom stereocenters. The Labute approximate surface area is 238 Å². The van der Waals surface area contributed by atoms with Gasteiger partial charge in [0.15, 0.2) is 0 Å². The van der Waals surface area contributed by atoms with Crippen molar-refractivity contribution >= 4 is 55.1 Å². The van der Waals surface area contributed by atoms with Crippen molar-refractivity contribution in [3.05, 3.63) is 93.9 Å². The van der Waals surface area contributed by atoms with E-state index < -0.39 is 34.1 Å². The predicted octanol–water partition coefficient (Wildman–Crippen LogP) is 5.63. The fraction of sp³-hybridized carbons (Fsp3) is 0.286. The monoisotopic (exact) mass is 619 g/mol. The Hall–Kier alpha value is -2.88. The van der Waals surface area contributed by atoms with E-state index in [0.717, 1.165) is 14.3 Å². The maximum Gasteiger partial charge on any atom is 0.264 e. The first-order chi connectivity index (χ1) is 17.8. The molecule has 3 aromatic rings. The van der Waals surface area contributed by atoms with Crippen LogP contribution < -0.4 is 9.62 Å². The van der Waals surface area contributed by atoms with E-state index in [4.69, 9.17) is 11.6 Å². The van der Waals surface area contributed by atoms with Gasteiger partial charge in [0.05, 0.1) is 15.6 Å². The Morgan fingerprint density at radius 3 is 2.11 bits per heavy atom. The summed E-state index contributed by atoms with van der Waals surface area (Å²) in [5, 5.41) is 3.08. The zero-order chi connectivity index (χ0) is 28.1. The Morgan fingerprint density at radius 1 is 0.947 bits per heavy atom. The fourth-order valence-corrected chi connectivity index (χ4v) is 5.74. The summed E-state index contributed by atoms with van der Waals surface area (Å²) in [5.41, 5.74) is 0.437. The van der Waals surface area contributed by atoms with Crippen LogP contribution in [0.4, 0.5) is 5.69 Å². The van der Waals surface area contributed by atoms with E-state index in [0.29, 0.717) is 0 Å². The lowest BCUT2D eigenvalue weighted by Crippen LogP contribution is -2.54. The van der Waals surface area contributed by atoms with Gasteiger partial charge in [-0.3, -0.25) is 13.9 Å². The normalized spacial score (nSPS) is 12.5. The van der Waals surface area contributed by atoms with E-state index in [9.17, 15) is 18.0 Å². The van der Waals surface area contributed by atoms with Gasteiger partial charge in [-0.2, -0.15) is 0 Å². The van der Waals surface area contributed by atoms with Crippen molar-refractivity contribution in [1.82, 2.24) is 10.2 Å². The molecule has 0 spiro atoms. The van der Waals surface area contributed by atoms with Crippen LogP contribution >= 0.6 is 27.5 Å². The van der Waals surface area contributed by atoms with Gasteiger partial charge in [0.2, 0.25) is 11.8 Å². The van der Waals surface area contributed by atoms with Crippen molar-refractivity contribution in [2.45, 2.75) is 50.7 Å². The number of halogens is 2. The number of sulfonamides is 1. The third kappa shape index (κ3) is 7.58. The topological polar surface area (TPSA) is 86.8 Å². The number of carbonyl (C=O) groups is 2. The zero-order valence-electron chi connectivity index (χ0n) is 21.7.